The van der Waals surface area contributed by atoms with Gasteiger partial charge in [-0.15, -0.1) is 0 Å². The summed E-state index contributed by atoms with van der Waals surface area (Å²) in [7, 11) is 0. The number of aliphatic hydroxyl groups excluding tert-OH is 2. The number of hydroxylamine groups is 1. The Morgan fingerprint density at radius 2 is 1.64 bits per heavy atom. The molecule has 0 saturated carbocycles. The third kappa shape index (κ3) is 8.50. The summed E-state index contributed by atoms with van der Waals surface area (Å²) < 4.78 is 13.0. The second kappa shape index (κ2) is 15.4. The van der Waals surface area contributed by atoms with E-state index in [0.717, 1.165) is 46.3 Å². The summed E-state index contributed by atoms with van der Waals surface area (Å²) in [6, 6.07) is 23.8. The maximum Gasteiger partial charge on any atom is 0.243 e. The molecule has 0 unspecified atom stereocenters. The highest BCUT2D eigenvalue weighted by Gasteiger charge is 2.34. The Morgan fingerprint density at radius 3 is 2.34 bits per heavy atom. The lowest BCUT2D eigenvalue weighted by atomic mass is 9.97. The Kier molecular flexibility index (Phi) is 11.1. The van der Waals surface area contributed by atoms with Crippen molar-refractivity contribution in [3.05, 3.63) is 95.1 Å². The minimum Gasteiger partial charge on any atom is -0.392 e. The molecule has 5 rings (SSSR count). The maximum atomic E-state index is 12.3. The Bertz CT molecular complexity index is 1380. The Morgan fingerprint density at radius 1 is 0.909 bits per heavy atom. The lowest BCUT2D eigenvalue weighted by Crippen LogP contribution is -2.38. The van der Waals surface area contributed by atoms with E-state index >= 15 is 0 Å². The predicted octanol–water partition coefficient (Wildman–Crippen LogP) is 3.75. The van der Waals surface area contributed by atoms with Gasteiger partial charge in [-0.1, -0.05) is 72.8 Å². The van der Waals surface area contributed by atoms with Crippen molar-refractivity contribution in [1.82, 2.24) is 15.7 Å². The summed E-state index contributed by atoms with van der Waals surface area (Å²) in [4.78, 5) is 25.7. The standard InChI is InChI=1S/C34H41N3O7/c38-22-23-8-10-25(11-9-23)31-18-29(21-37-17-16-28(39)20-37)43-34(44-31)26-14-12-24(13-15-26)30-5-2-1-4-27(30)19-35-32(40)6-3-7-33(41)36-42/h1-2,4-5,8-15,28-29,31,34,38-39,42H,3,6-7,16-22H2,(H,35,40)(H,36,41)/t28-,29-,31+,34+/m0/s1. The van der Waals surface area contributed by atoms with Gasteiger partial charge in [0.05, 0.1) is 24.9 Å². The number of hydrogen-bond acceptors (Lipinski definition) is 8. The molecule has 3 aromatic rings. The molecule has 234 valence electrons. The van der Waals surface area contributed by atoms with Crippen molar-refractivity contribution in [2.45, 2.75) is 69.9 Å². The van der Waals surface area contributed by atoms with Gasteiger partial charge in [-0.2, -0.15) is 0 Å². The number of aliphatic hydroxyl groups is 2. The topological polar surface area (TPSA) is 141 Å². The summed E-state index contributed by atoms with van der Waals surface area (Å²) in [6.07, 6.45) is 0.962. The van der Waals surface area contributed by atoms with E-state index in [0.29, 0.717) is 32.5 Å². The van der Waals surface area contributed by atoms with Gasteiger partial charge < -0.3 is 25.0 Å². The van der Waals surface area contributed by atoms with Crippen LogP contribution in [0.15, 0.2) is 72.8 Å². The number of amides is 2. The Balaban J connectivity index is 1.27. The van der Waals surface area contributed by atoms with Crippen molar-refractivity contribution in [3.63, 3.8) is 0 Å². The highest BCUT2D eigenvalue weighted by Crippen LogP contribution is 2.39. The van der Waals surface area contributed by atoms with Crippen molar-refractivity contribution in [2.75, 3.05) is 19.6 Å². The Labute approximate surface area is 257 Å². The van der Waals surface area contributed by atoms with Crippen molar-refractivity contribution in [1.29, 1.82) is 0 Å². The van der Waals surface area contributed by atoms with Crippen LogP contribution in [0.2, 0.25) is 0 Å². The zero-order valence-corrected chi connectivity index (χ0v) is 24.7. The monoisotopic (exact) mass is 603 g/mol. The van der Waals surface area contributed by atoms with E-state index in [9.17, 15) is 19.8 Å². The summed E-state index contributed by atoms with van der Waals surface area (Å²) >= 11 is 0. The summed E-state index contributed by atoms with van der Waals surface area (Å²) in [5.41, 5.74) is 7.31. The van der Waals surface area contributed by atoms with Crippen molar-refractivity contribution in [3.8, 4) is 11.1 Å². The van der Waals surface area contributed by atoms with Gasteiger partial charge in [0.25, 0.3) is 0 Å². The number of nitrogens with zero attached hydrogens (tertiary/aromatic N) is 1. The van der Waals surface area contributed by atoms with Gasteiger partial charge in [0, 0.05) is 51.0 Å². The molecule has 2 aliphatic rings. The fourth-order valence-corrected chi connectivity index (χ4v) is 5.82. The lowest BCUT2D eigenvalue weighted by molar-refractivity contribution is -0.252. The fraction of sp³-hybridized carbons (Fsp3) is 0.412. The molecule has 3 aromatic carbocycles. The number of rotatable bonds is 12. The van der Waals surface area contributed by atoms with E-state index in [1.165, 1.54) is 0 Å². The first-order chi connectivity index (χ1) is 21.4. The van der Waals surface area contributed by atoms with Crippen LogP contribution in [-0.2, 0) is 32.2 Å². The molecule has 0 radical (unpaired) electrons. The number of nitrogens with one attached hydrogen (secondary N) is 2. The van der Waals surface area contributed by atoms with Crippen LogP contribution in [0.5, 0.6) is 0 Å². The van der Waals surface area contributed by atoms with Crippen LogP contribution < -0.4 is 10.8 Å². The number of carbonyl (C=O) groups excluding carboxylic acids is 2. The molecule has 10 heteroatoms. The van der Waals surface area contributed by atoms with Crippen molar-refractivity contribution in [2.24, 2.45) is 0 Å². The average Bonchev–Trinajstić information content (AvgIpc) is 3.47. The SMILES string of the molecule is O=C(CCCC(=O)NCc1ccccc1-c1ccc([C@@H]2O[C@H](CN3CC[C@H](O)C3)C[C@H](c3ccc(CO)cc3)O2)cc1)NO. The first-order valence-corrected chi connectivity index (χ1v) is 15.2. The lowest BCUT2D eigenvalue weighted by Gasteiger charge is -2.38. The number of hydrogen-bond donors (Lipinski definition) is 5. The normalized spacial score (nSPS) is 22.1. The molecule has 2 heterocycles. The third-order valence-corrected chi connectivity index (χ3v) is 8.24. The second-order valence-electron chi connectivity index (χ2n) is 11.5. The molecule has 0 aliphatic carbocycles. The van der Waals surface area contributed by atoms with Crippen LogP contribution in [0.25, 0.3) is 11.1 Å². The highest BCUT2D eigenvalue weighted by molar-refractivity contribution is 5.78. The van der Waals surface area contributed by atoms with Gasteiger partial charge in [-0.05, 0) is 40.7 Å². The zero-order valence-electron chi connectivity index (χ0n) is 24.7. The third-order valence-electron chi connectivity index (χ3n) is 8.24. The van der Waals surface area contributed by atoms with E-state index in [2.05, 4.69) is 10.2 Å². The molecule has 0 spiro atoms. The zero-order chi connectivity index (χ0) is 30.9. The molecular formula is C34H41N3O7. The Hall–Kier alpha value is -3.64. The smallest absolute Gasteiger partial charge is 0.243 e. The van der Waals surface area contributed by atoms with Gasteiger partial charge in [-0.25, -0.2) is 5.48 Å². The average molecular weight is 604 g/mol. The molecule has 2 amide bonds. The van der Waals surface area contributed by atoms with Crippen LogP contribution in [0.3, 0.4) is 0 Å². The number of benzene rings is 3. The second-order valence-corrected chi connectivity index (χ2v) is 11.5. The van der Waals surface area contributed by atoms with Crippen molar-refractivity contribution < 1.29 is 34.5 Å². The molecule has 2 fully saturated rings. The molecule has 2 saturated heterocycles. The number of carbonyl (C=O) groups is 2. The molecule has 0 bridgehead atoms. The van der Waals surface area contributed by atoms with Gasteiger partial charge in [0.2, 0.25) is 11.8 Å². The fourth-order valence-electron chi connectivity index (χ4n) is 5.82. The highest BCUT2D eigenvalue weighted by atomic mass is 16.7. The van der Waals surface area contributed by atoms with E-state index in [1.807, 2.05) is 72.8 Å². The largest absolute Gasteiger partial charge is 0.392 e. The summed E-state index contributed by atoms with van der Waals surface area (Å²) in [5, 5.41) is 31.0. The molecule has 2 aliphatic heterocycles. The molecular weight excluding hydrogens is 562 g/mol. The van der Waals surface area contributed by atoms with Crippen LogP contribution in [0.1, 0.15) is 66.8 Å². The van der Waals surface area contributed by atoms with Crippen LogP contribution >= 0.6 is 0 Å². The molecule has 10 nitrogen and oxygen atoms in total. The molecule has 44 heavy (non-hydrogen) atoms. The first-order valence-electron chi connectivity index (χ1n) is 15.2. The van der Waals surface area contributed by atoms with Crippen LogP contribution in [0, 0.1) is 0 Å². The van der Waals surface area contributed by atoms with Crippen molar-refractivity contribution >= 4 is 11.8 Å². The van der Waals surface area contributed by atoms with Crippen LogP contribution in [0.4, 0.5) is 0 Å². The quantitative estimate of drug-likeness (QED) is 0.156. The van der Waals surface area contributed by atoms with Gasteiger partial charge in [0.15, 0.2) is 6.29 Å². The minimum absolute atomic E-state index is 0.00912. The van der Waals surface area contributed by atoms with Gasteiger partial charge in [0.1, 0.15) is 0 Å². The van der Waals surface area contributed by atoms with E-state index in [1.54, 1.807) is 5.48 Å². The molecule has 0 aromatic heterocycles. The van der Waals surface area contributed by atoms with E-state index < -0.39 is 12.2 Å². The van der Waals surface area contributed by atoms with E-state index in [-0.39, 0.29) is 43.7 Å². The van der Waals surface area contributed by atoms with E-state index in [4.69, 9.17) is 14.7 Å². The van der Waals surface area contributed by atoms with Gasteiger partial charge in [-0.3, -0.25) is 19.7 Å². The first kappa shape index (κ1) is 31.8. The summed E-state index contributed by atoms with van der Waals surface area (Å²) in [6.45, 7) is 2.55. The molecule has 4 atom stereocenters. The molecule has 5 N–H and O–H groups in total. The number of β-amino-alcohol motifs (C(OH)–C–C–N with tert-alkyl or cyclic N) is 1. The number of ether oxygens (including phenoxy) is 2. The van der Waals surface area contributed by atoms with Gasteiger partial charge >= 0.3 is 0 Å². The maximum absolute atomic E-state index is 12.3. The predicted molar refractivity (Wildman–Crippen MR) is 163 cm³/mol. The summed E-state index contributed by atoms with van der Waals surface area (Å²) in [5.74, 6) is -0.671. The minimum atomic E-state index is -0.569. The number of likely N-dealkylation sites (tertiary alicyclic amines) is 1. The van der Waals surface area contributed by atoms with Crippen LogP contribution in [-0.4, -0.2) is 64.0 Å².